The van der Waals surface area contributed by atoms with Crippen molar-refractivity contribution in [1.29, 1.82) is 0 Å². The van der Waals surface area contributed by atoms with Crippen molar-refractivity contribution in [3.05, 3.63) is 65.2 Å². The van der Waals surface area contributed by atoms with Crippen LogP contribution in [-0.4, -0.2) is 48.2 Å². The number of nitrogens with zero attached hydrogens (tertiary/aromatic N) is 2. The molecule has 0 aromatic heterocycles. The van der Waals surface area contributed by atoms with Crippen molar-refractivity contribution in [2.75, 3.05) is 26.2 Å². The van der Waals surface area contributed by atoms with E-state index in [-0.39, 0.29) is 6.03 Å². The van der Waals surface area contributed by atoms with E-state index >= 15 is 0 Å². The number of hydrogen-bond acceptors (Lipinski definition) is 3. The molecule has 26 heavy (non-hydrogen) atoms. The van der Waals surface area contributed by atoms with Crippen LogP contribution in [0.2, 0.25) is 5.02 Å². The second kappa shape index (κ2) is 8.92. The number of benzene rings is 2. The molecule has 2 aromatic rings. The molecule has 1 aliphatic rings. The van der Waals surface area contributed by atoms with Crippen molar-refractivity contribution in [2.24, 2.45) is 0 Å². The molecule has 0 bridgehead atoms. The summed E-state index contributed by atoms with van der Waals surface area (Å²) >= 11 is 5.86. The van der Waals surface area contributed by atoms with Crippen LogP contribution in [0, 0.1) is 0 Å². The van der Waals surface area contributed by atoms with Crippen LogP contribution < -0.4 is 10.1 Å². The predicted molar refractivity (Wildman–Crippen MR) is 103 cm³/mol. The van der Waals surface area contributed by atoms with Crippen molar-refractivity contribution in [3.63, 3.8) is 0 Å². The summed E-state index contributed by atoms with van der Waals surface area (Å²) in [6.07, 6.45) is -0.411. The SMILES string of the molecule is CC(NC(=O)N1CCN(Cc2ccccc2)CC1)Oc1ccc(Cl)cc1. The Labute approximate surface area is 159 Å². The second-order valence-corrected chi connectivity index (χ2v) is 6.85. The molecular weight excluding hydrogens is 350 g/mol. The lowest BCUT2D eigenvalue weighted by atomic mass is 10.2. The molecule has 5 nitrogen and oxygen atoms in total. The highest BCUT2D eigenvalue weighted by Gasteiger charge is 2.22. The van der Waals surface area contributed by atoms with Gasteiger partial charge in [-0.2, -0.15) is 0 Å². The molecule has 3 rings (SSSR count). The van der Waals surface area contributed by atoms with Gasteiger partial charge in [-0.1, -0.05) is 41.9 Å². The molecule has 1 atom stereocenters. The minimum Gasteiger partial charge on any atom is -0.471 e. The summed E-state index contributed by atoms with van der Waals surface area (Å²) in [5.41, 5.74) is 1.30. The highest BCUT2D eigenvalue weighted by molar-refractivity contribution is 6.30. The van der Waals surface area contributed by atoms with Crippen LogP contribution in [0.4, 0.5) is 4.79 Å². The first-order valence-electron chi connectivity index (χ1n) is 8.84. The van der Waals surface area contributed by atoms with E-state index in [9.17, 15) is 4.79 Å². The third-order valence-electron chi connectivity index (χ3n) is 4.36. The van der Waals surface area contributed by atoms with Gasteiger partial charge in [0.1, 0.15) is 5.75 Å². The van der Waals surface area contributed by atoms with E-state index in [4.69, 9.17) is 16.3 Å². The molecule has 2 aromatic carbocycles. The van der Waals surface area contributed by atoms with E-state index in [2.05, 4.69) is 34.5 Å². The Morgan fingerprint density at radius 3 is 2.38 bits per heavy atom. The smallest absolute Gasteiger partial charge is 0.320 e. The van der Waals surface area contributed by atoms with E-state index in [0.717, 1.165) is 19.6 Å². The molecule has 0 saturated carbocycles. The molecule has 1 heterocycles. The number of nitrogens with one attached hydrogen (secondary N) is 1. The van der Waals surface area contributed by atoms with Gasteiger partial charge in [-0.25, -0.2) is 4.79 Å². The van der Waals surface area contributed by atoms with Crippen LogP contribution in [-0.2, 0) is 6.54 Å². The first-order valence-corrected chi connectivity index (χ1v) is 9.22. The van der Waals surface area contributed by atoms with Crippen LogP contribution >= 0.6 is 11.6 Å². The summed E-state index contributed by atoms with van der Waals surface area (Å²) in [6, 6.07) is 17.4. The van der Waals surface area contributed by atoms with E-state index in [1.807, 2.05) is 17.9 Å². The maximum atomic E-state index is 12.4. The summed E-state index contributed by atoms with van der Waals surface area (Å²) in [7, 11) is 0. The van der Waals surface area contributed by atoms with Gasteiger partial charge >= 0.3 is 6.03 Å². The Balaban J connectivity index is 1.42. The summed E-state index contributed by atoms with van der Waals surface area (Å²) in [5, 5.41) is 3.55. The molecule has 0 aliphatic carbocycles. The fourth-order valence-electron chi connectivity index (χ4n) is 2.96. The Morgan fingerprint density at radius 2 is 1.73 bits per heavy atom. The zero-order valence-corrected chi connectivity index (χ0v) is 15.7. The van der Waals surface area contributed by atoms with Gasteiger partial charge in [-0.3, -0.25) is 4.90 Å². The minimum absolute atomic E-state index is 0.0918. The van der Waals surface area contributed by atoms with Gasteiger partial charge in [0, 0.05) is 37.7 Å². The number of hydrogen-bond donors (Lipinski definition) is 1. The highest BCUT2D eigenvalue weighted by atomic mass is 35.5. The van der Waals surface area contributed by atoms with Gasteiger partial charge in [0.2, 0.25) is 0 Å². The molecule has 0 radical (unpaired) electrons. The summed E-state index contributed by atoms with van der Waals surface area (Å²) < 4.78 is 5.70. The lowest BCUT2D eigenvalue weighted by Gasteiger charge is -2.35. The second-order valence-electron chi connectivity index (χ2n) is 6.41. The zero-order chi connectivity index (χ0) is 18.4. The largest absolute Gasteiger partial charge is 0.471 e. The topological polar surface area (TPSA) is 44.8 Å². The van der Waals surface area contributed by atoms with Gasteiger partial charge in [0.25, 0.3) is 0 Å². The molecule has 138 valence electrons. The molecular formula is C20H24ClN3O2. The minimum atomic E-state index is -0.411. The monoisotopic (exact) mass is 373 g/mol. The summed E-state index contributed by atoms with van der Waals surface area (Å²) in [5.74, 6) is 0.676. The molecule has 1 aliphatic heterocycles. The van der Waals surface area contributed by atoms with Gasteiger partial charge in [0.05, 0.1) is 0 Å². The number of rotatable bonds is 5. The number of carbonyl (C=O) groups excluding carboxylic acids is 1. The molecule has 1 saturated heterocycles. The molecule has 1 unspecified atom stereocenters. The Kier molecular flexibility index (Phi) is 6.36. The van der Waals surface area contributed by atoms with Crippen molar-refractivity contribution < 1.29 is 9.53 Å². The van der Waals surface area contributed by atoms with Crippen molar-refractivity contribution in [3.8, 4) is 5.75 Å². The van der Waals surface area contributed by atoms with Crippen LogP contribution in [0.5, 0.6) is 5.75 Å². The van der Waals surface area contributed by atoms with Crippen LogP contribution in [0.25, 0.3) is 0 Å². The number of amides is 2. The summed E-state index contributed by atoms with van der Waals surface area (Å²) in [4.78, 5) is 16.6. The van der Waals surface area contributed by atoms with Crippen molar-refractivity contribution in [1.82, 2.24) is 15.1 Å². The maximum Gasteiger partial charge on any atom is 0.320 e. The molecule has 2 amide bonds. The number of carbonyl (C=O) groups is 1. The molecule has 1 fully saturated rings. The van der Waals surface area contributed by atoms with Crippen LogP contribution in [0.1, 0.15) is 12.5 Å². The number of urea groups is 1. The number of ether oxygens (including phenoxy) is 1. The number of halogens is 1. The summed E-state index contributed by atoms with van der Waals surface area (Å²) in [6.45, 7) is 5.91. The fourth-order valence-corrected chi connectivity index (χ4v) is 3.09. The average molecular weight is 374 g/mol. The first-order chi connectivity index (χ1) is 12.6. The molecule has 1 N–H and O–H groups in total. The van der Waals surface area contributed by atoms with E-state index in [1.165, 1.54) is 5.56 Å². The van der Waals surface area contributed by atoms with Crippen LogP contribution in [0.15, 0.2) is 54.6 Å². The Morgan fingerprint density at radius 1 is 1.08 bits per heavy atom. The standard InChI is InChI=1S/C20H24ClN3O2/c1-16(26-19-9-7-18(21)8-10-19)22-20(25)24-13-11-23(12-14-24)15-17-5-3-2-4-6-17/h2-10,16H,11-15H2,1H3,(H,22,25). The van der Waals surface area contributed by atoms with E-state index in [0.29, 0.717) is 23.9 Å². The lowest BCUT2D eigenvalue weighted by Crippen LogP contribution is -2.53. The molecule has 6 heteroatoms. The van der Waals surface area contributed by atoms with Gasteiger partial charge in [-0.05, 0) is 36.8 Å². The normalized spacial score (nSPS) is 16.2. The first kappa shape index (κ1) is 18.5. The zero-order valence-electron chi connectivity index (χ0n) is 14.9. The van der Waals surface area contributed by atoms with E-state index in [1.54, 1.807) is 24.3 Å². The Hall–Kier alpha value is -2.24. The Bertz CT molecular complexity index is 701. The predicted octanol–water partition coefficient (Wildman–Crippen LogP) is 3.59. The van der Waals surface area contributed by atoms with E-state index < -0.39 is 6.23 Å². The molecule has 0 spiro atoms. The average Bonchev–Trinajstić information content (AvgIpc) is 2.65. The highest BCUT2D eigenvalue weighted by Crippen LogP contribution is 2.16. The third-order valence-corrected chi connectivity index (χ3v) is 4.61. The van der Waals surface area contributed by atoms with Gasteiger partial charge < -0.3 is 15.0 Å². The van der Waals surface area contributed by atoms with Gasteiger partial charge in [-0.15, -0.1) is 0 Å². The van der Waals surface area contributed by atoms with Crippen molar-refractivity contribution >= 4 is 17.6 Å². The fraction of sp³-hybridized carbons (Fsp3) is 0.350. The third kappa shape index (κ3) is 5.38. The maximum absolute atomic E-state index is 12.4. The quantitative estimate of drug-likeness (QED) is 0.814. The van der Waals surface area contributed by atoms with Gasteiger partial charge in [0.15, 0.2) is 6.23 Å². The number of piperazine rings is 1. The van der Waals surface area contributed by atoms with Crippen LogP contribution in [0.3, 0.4) is 0 Å². The lowest BCUT2D eigenvalue weighted by molar-refractivity contribution is 0.118. The van der Waals surface area contributed by atoms with Crippen molar-refractivity contribution in [2.45, 2.75) is 19.7 Å².